The van der Waals surface area contributed by atoms with Gasteiger partial charge in [0.1, 0.15) is 6.61 Å². The molecule has 1 heterocycles. The molecule has 1 aliphatic rings. The third-order valence-electron chi connectivity index (χ3n) is 4.23. The zero-order valence-electron chi connectivity index (χ0n) is 13.2. The first-order chi connectivity index (χ1) is 11.8. The second kappa shape index (κ2) is 6.20. The largest absolute Gasteiger partial charge is 0.461 e. The highest BCUT2D eigenvalue weighted by molar-refractivity contribution is 6.06. The molecule has 0 aromatic heterocycles. The van der Waals surface area contributed by atoms with Crippen LogP contribution in [-0.2, 0) is 16.1 Å². The number of carbonyl (C=O) groups excluding carboxylic acids is 1. The summed E-state index contributed by atoms with van der Waals surface area (Å²) in [7, 11) is 0. The van der Waals surface area contributed by atoms with E-state index in [1.165, 1.54) is 5.39 Å². The molecular weight excluding hydrogens is 298 g/mol. The maximum Gasteiger partial charge on any atom is 0.310 e. The number of anilines is 1. The maximum absolute atomic E-state index is 12.2. The van der Waals surface area contributed by atoms with Crippen molar-refractivity contribution in [3.8, 4) is 0 Å². The van der Waals surface area contributed by atoms with Gasteiger partial charge in [-0.3, -0.25) is 4.79 Å². The fourth-order valence-electron chi connectivity index (χ4n) is 3.06. The quantitative estimate of drug-likeness (QED) is 0.707. The molecule has 1 aliphatic heterocycles. The highest BCUT2D eigenvalue weighted by Gasteiger charge is 2.17. The Morgan fingerprint density at radius 1 is 0.917 bits per heavy atom. The van der Waals surface area contributed by atoms with Crippen LogP contribution in [0.5, 0.6) is 0 Å². The molecule has 0 spiro atoms. The lowest BCUT2D eigenvalue weighted by atomic mass is 9.93. The summed E-state index contributed by atoms with van der Waals surface area (Å²) >= 11 is 0. The number of hydrogen-bond acceptors (Lipinski definition) is 3. The zero-order chi connectivity index (χ0) is 16.4. The number of nitrogens with one attached hydrogen (secondary N) is 1. The van der Waals surface area contributed by atoms with Gasteiger partial charge in [0.25, 0.3) is 0 Å². The summed E-state index contributed by atoms with van der Waals surface area (Å²) < 4.78 is 5.41. The topological polar surface area (TPSA) is 38.3 Å². The molecule has 0 unspecified atom stereocenters. The number of esters is 1. The summed E-state index contributed by atoms with van der Waals surface area (Å²) in [6.07, 6.45) is 2.16. The van der Waals surface area contributed by atoms with Gasteiger partial charge in [-0.25, -0.2) is 0 Å². The number of rotatable bonds is 4. The normalized spacial score (nSPS) is 12.4. The first kappa shape index (κ1) is 14.5. The second-order valence-corrected chi connectivity index (χ2v) is 5.85. The Kier molecular flexibility index (Phi) is 3.75. The molecule has 3 aromatic carbocycles. The van der Waals surface area contributed by atoms with Gasteiger partial charge in [-0.1, -0.05) is 60.7 Å². The Balaban J connectivity index is 1.52. The van der Waals surface area contributed by atoms with E-state index in [0.29, 0.717) is 6.61 Å². The van der Waals surface area contributed by atoms with Crippen molar-refractivity contribution in [1.82, 2.24) is 0 Å². The monoisotopic (exact) mass is 315 g/mol. The fourth-order valence-corrected chi connectivity index (χ4v) is 3.06. The Hall–Kier alpha value is -3.07. The molecule has 24 heavy (non-hydrogen) atoms. The molecule has 4 rings (SSSR count). The molecule has 0 atom stereocenters. The van der Waals surface area contributed by atoms with Crippen molar-refractivity contribution >= 4 is 28.0 Å². The molecular formula is C21H17NO2. The van der Waals surface area contributed by atoms with Crippen LogP contribution in [0.2, 0.25) is 0 Å². The molecule has 118 valence electrons. The average Bonchev–Trinajstić information content (AvgIpc) is 2.63. The number of benzene rings is 3. The van der Waals surface area contributed by atoms with Crippen molar-refractivity contribution in [1.29, 1.82) is 0 Å². The molecule has 0 bridgehead atoms. The Morgan fingerprint density at radius 2 is 1.71 bits per heavy atom. The number of carbonyl (C=O) groups is 1. The van der Waals surface area contributed by atoms with E-state index in [2.05, 4.69) is 23.5 Å². The number of hydrogen-bond donors (Lipinski definition) is 1. The zero-order valence-corrected chi connectivity index (χ0v) is 13.2. The van der Waals surface area contributed by atoms with Crippen LogP contribution in [0.1, 0.15) is 17.5 Å². The molecule has 1 N–H and O–H groups in total. The predicted molar refractivity (Wildman–Crippen MR) is 96.4 cm³/mol. The first-order valence-corrected chi connectivity index (χ1v) is 7.98. The van der Waals surface area contributed by atoms with Crippen molar-refractivity contribution < 1.29 is 9.53 Å². The third kappa shape index (κ3) is 2.76. The molecule has 0 saturated carbocycles. The molecule has 0 fully saturated rings. The van der Waals surface area contributed by atoms with E-state index in [4.69, 9.17) is 4.74 Å². The van der Waals surface area contributed by atoms with Crippen LogP contribution in [0.3, 0.4) is 0 Å². The lowest BCUT2D eigenvalue weighted by molar-refractivity contribution is -0.143. The lowest BCUT2D eigenvalue weighted by Crippen LogP contribution is -2.09. The van der Waals surface area contributed by atoms with Gasteiger partial charge in [-0.05, 0) is 28.2 Å². The van der Waals surface area contributed by atoms with E-state index in [9.17, 15) is 4.79 Å². The van der Waals surface area contributed by atoms with Gasteiger partial charge in [0.15, 0.2) is 0 Å². The van der Waals surface area contributed by atoms with Gasteiger partial charge in [0, 0.05) is 17.3 Å². The standard InChI is InChI=1S/C21H17NO2/c23-20(24-14-15-6-2-1-3-7-15)12-17-13-22-19-11-5-9-16-8-4-10-18(17)21(16)19/h1-11,13,22H,12,14H2. The van der Waals surface area contributed by atoms with Crippen molar-refractivity contribution in [2.75, 3.05) is 5.32 Å². The summed E-state index contributed by atoms with van der Waals surface area (Å²) in [5.41, 5.74) is 4.12. The van der Waals surface area contributed by atoms with Gasteiger partial charge in [-0.15, -0.1) is 0 Å². The maximum atomic E-state index is 12.2. The van der Waals surface area contributed by atoms with E-state index < -0.39 is 0 Å². The van der Waals surface area contributed by atoms with Crippen molar-refractivity contribution in [3.63, 3.8) is 0 Å². The Morgan fingerprint density at radius 3 is 2.54 bits per heavy atom. The summed E-state index contributed by atoms with van der Waals surface area (Å²) in [6, 6.07) is 22.1. The first-order valence-electron chi connectivity index (χ1n) is 7.98. The highest BCUT2D eigenvalue weighted by atomic mass is 16.5. The van der Waals surface area contributed by atoms with Crippen molar-refractivity contribution in [3.05, 3.63) is 84.1 Å². The summed E-state index contributed by atoms with van der Waals surface area (Å²) in [5, 5.41) is 5.61. The van der Waals surface area contributed by atoms with Gasteiger partial charge in [0.2, 0.25) is 0 Å². The van der Waals surface area contributed by atoms with Crippen LogP contribution < -0.4 is 5.32 Å². The lowest BCUT2D eigenvalue weighted by Gasteiger charge is -2.19. The van der Waals surface area contributed by atoms with Crippen molar-refractivity contribution in [2.45, 2.75) is 13.0 Å². The van der Waals surface area contributed by atoms with E-state index in [1.807, 2.05) is 54.7 Å². The molecule has 0 aliphatic carbocycles. The molecule has 3 aromatic rings. The van der Waals surface area contributed by atoms with Crippen LogP contribution in [0.15, 0.2) is 72.9 Å². The molecule has 3 nitrogen and oxygen atoms in total. The predicted octanol–water partition coefficient (Wildman–Crippen LogP) is 4.74. The van der Waals surface area contributed by atoms with Crippen molar-refractivity contribution in [2.24, 2.45) is 0 Å². The van der Waals surface area contributed by atoms with E-state index in [1.54, 1.807) is 0 Å². The minimum absolute atomic E-state index is 0.219. The molecule has 0 amide bonds. The van der Waals surface area contributed by atoms with E-state index >= 15 is 0 Å². The van der Waals surface area contributed by atoms with Crippen LogP contribution >= 0.6 is 0 Å². The molecule has 0 saturated heterocycles. The van der Waals surface area contributed by atoms with Crippen LogP contribution in [0.4, 0.5) is 5.69 Å². The van der Waals surface area contributed by atoms with Crippen LogP contribution in [-0.4, -0.2) is 5.97 Å². The van der Waals surface area contributed by atoms with Gasteiger partial charge < -0.3 is 10.1 Å². The highest BCUT2D eigenvalue weighted by Crippen LogP contribution is 2.36. The molecule has 3 heteroatoms. The SMILES string of the molecule is O=C(CC1=CNc2cccc3cccc1c23)OCc1ccccc1. The minimum atomic E-state index is -0.219. The smallest absolute Gasteiger partial charge is 0.310 e. The average molecular weight is 315 g/mol. The van der Waals surface area contributed by atoms with E-state index in [-0.39, 0.29) is 12.4 Å². The van der Waals surface area contributed by atoms with Gasteiger partial charge in [0.05, 0.1) is 6.42 Å². The Bertz CT molecular complexity index is 924. The van der Waals surface area contributed by atoms with E-state index in [0.717, 1.165) is 27.8 Å². The minimum Gasteiger partial charge on any atom is -0.461 e. The fraction of sp³-hybridized carbons (Fsp3) is 0.0952. The van der Waals surface area contributed by atoms with Crippen LogP contribution in [0, 0.1) is 0 Å². The van der Waals surface area contributed by atoms with Gasteiger partial charge in [-0.2, -0.15) is 0 Å². The molecule has 0 radical (unpaired) electrons. The summed E-state index contributed by atoms with van der Waals surface area (Å²) in [5.74, 6) is -0.219. The number of ether oxygens (including phenoxy) is 1. The third-order valence-corrected chi connectivity index (χ3v) is 4.23. The van der Waals surface area contributed by atoms with Gasteiger partial charge >= 0.3 is 5.97 Å². The Labute approximate surface area is 140 Å². The van der Waals surface area contributed by atoms with Crippen LogP contribution in [0.25, 0.3) is 16.3 Å². The summed E-state index contributed by atoms with van der Waals surface area (Å²) in [4.78, 5) is 12.2. The second-order valence-electron chi connectivity index (χ2n) is 5.85. The summed E-state index contributed by atoms with van der Waals surface area (Å²) in [6.45, 7) is 0.307.